The molecule has 8 heteroatoms. The van der Waals surface area contributed by atoms with Crippen LogP contribution in [0.25, 0.3) is 11.0 Å². The Kier molecular flexibility index (Phi) is 7.40. The molecule has 3 aromatic rings. The van der Waals surface area contributed by atoms with Crippen LogP contribution in [0, 0.1) is 0 Å². The molecule has 0 spiro atoms. The predicted octanol–water partition coefficient (Wildman–Crippen LogP) is 3.48. The van der Waals surface area contributed by atoms with Gasteiger partial charge in [0.2, 0.25) is 5.95 Å². The number of carbonyl (C=O) groups is 2. The van der Waals surface area contributed by atoms with E-state index >= 15 is 0 Å². The maximum atomic E-state index is 12.3. The number of ether oxygens (including phenoxy) is 2. The van der Waals surface area contributed by atoms with Crippen LogP contribution in [0.2, 0.25) is 0 Å². The lowest BCUT2D eigenvalue weighted by Gasteiger charge is -2.07. The molecule has 0 saturated carbocycles. The molecule has 30 heavy (non-hydrogen) atoms. The highest BCUT2D eigenvalue weighted by Crippen LogP contribution is 2.20. The number of hydrogen-bond acceptors (Lipinski definition) is 5. The number of fused-ring (bicyclic) bond motifs is 1. The molecule has 0 aliphatic carbocycles. The molecule has 0 fully saturated rings. The zero-order chi connectivity index (χ0) is 21.3. The molecule has 0 aliphatic rings. The number of nitrogens with one attached hydrogen (secondary N) is 2. The summed E-state index contributed by atoms with van der Waals surface area (Å²) in [4.78, 5) is 28.9. The lowest BCUT2D eigenvalue weighted by atomic mass is 10.2. The van der Waals surface area contributed by atoms with Gasteiger partial charge < -0.3 is 19.4 Å². The first-order chi connectivity index (χ1) is 14.6. The van der Waals surface area contributed by atoms with Crippen LogP contribution in [0.3, 0.4) is 0 Å². The van der Waals surface area contributed by atoms with Crippen LogP contribution < -0.4 is 10.6 Å². The molecule has 2 N–H and O–H groups in total. The van der Waals surface area contributed by atoms with Crippen LogP contribution in [0.4, 0.5) is 10.7 Å². The van der Waals surface area contributed by atoms with Crippen LogP contribution >= 0.6 is 0 Å². The average molecular weight is 410 g/mol. The SMILES string of the molecule is CCCOCCNC(=O)c1ccc2c(c1)nc(NC(=O)OCc1ccccc1)n2C. The summed E-state index contributed by atoms with van der Waals surface area (Å²) >= 11 is 0. The molecule has 0 aliphatic heterocycles. The number of aromatic nitrogens is 2. The first-order valence-electron chi connectivity index (χ1n) is 9.88. The summed E-state index contributed by atoms with van der Waals surface area (Å²) in [6.45, 7) is 3.80. The van der Waals surface area contributed by atoms with E-state index in [1.54, 1.807) is 29.8 Å². The summed E-state index contributed by atoms with van der Waals surface area (Å²) in [6.07, 6.45) is 0.350. The third kappa shape index (κ3) is 5.57. The number of benzene rings is 2. The van der Waals surface area contributed by atoms with Crippen LogP contribution in [0.5, 0.6) is 0 Å². The van der Waals surface area contributed by atoms with Crippen molar-refractivity contribution < 1.29 is 19.1 Å². The van der Waals surface area contributed by atoms with Gasteiger partial charge in [-0.1, -0.05) is 37.3 Å². The Morgan fingerprint density at radius 2 is 1.90 bits per heavy atom. The molecule has 0 atom stereocenters. The maximum Gasteiger partial charge on any atom is 0.414 e. The van der Waals surface area contributed by atoms with Gasteiger partial charge in [0.05, 0.1) is 17.6 Å². The molecule has 0 radical (unpaired) electrons. The van der Waals surface area contributed by atoms with Crippen molar-refractivity contribution in [2.24, 2.45) is 7.05 Å². The van der Waals surface area contributed by atoms with E-state index in [-0.39, 0.29) is 12.5 Å². The highest BCUT2D eigenvalue weighted by molar-refractivity contribution is 5.98. The third-order valence-electron chi connectivity index (χ3n) is 4.45. The Morgan fingerprint density at radius 3 is 2.67 bits per heavy atom. The van der Waals surface area contributed by atoms with Crippen molar-refractivity contribution in [3.63, 3.8) is 0 Å². The Labute approximate surface area is 175 Å². The molecule has 0 saturated heterocycles. The summed E-state index contributed by atoms with van der Waals surface area (Å²) in [7, 11) is 1.78. The van der Waals surface area contributed by atoms with Gasteiger partial charge in [-0.25, -0.2) is 9.78 Å². The molecule has 0 unspecified atom stereocenters. The molecule has 2 amide bonds. The Balaban J connectivity index is 1.60. The first kappa shape index (κ1) is 21.3. The largest absolute Gasteiger partial charge is 0.444 e. The number of amides is 2. The van der Waals surface area contributed by atoms with Gasteiger partial charge in [0, 0.05) is 25.8 Å². The molecule has 1 aromatic heterocycles. The van der Waals surface area contributed by atoms with E-state index < -0.39 is 6.09 Å². The van der Waals surface area contributed by atoms with Gasteiger partial charge in [-0.05, 0) is 30.2 Å². The fraction of sp³-hybridized carbons (Fsp3) is 0.318. The molecule has 2 aromatic carbocycles. The normalized spacial score (nSPS) is 10.7. The molecule has 3 rings (SSSR count). The second kappa shape index (κ2) is 10.4. The second-order valence-electron chi connectivity index (χ2n) is 6.75. The molecule has 8 nitrogen and oxygen atoms in total. The van der Waals surface area contributed by atoms with Crippen molar-refractivity contribution in [1.82, 2.24) is 14.9 Å². The minimum absolute atomic E-state index is 0.170. The summed E-state index contributed by atoms with van der Waals surface area (Å²) in [5.74, 6) is 0.146. The van der Waals surface area contributed by atoms with Crippen molar-refractivity contribution in [1.29, 1.82) is 0 Å². The van der Waals surface area contributed by atoms with E-state index in [4.69, 9.17) is 9.47 Å². The standard InChI is InChI=1S/C22H26N4O4/c1-3-12-29-13-11-23-20(27)17-9-10-19-18(14-17)24-21(26(19)2)25-22(28)30-15-16-7-5-4-6-8-16/h4-10,14H,3,11-13,15H2,1-2H3,(H,23,27)(H,24,25,28). The van der Waals surface area contributed by atoms with Crippen molar-refractivity contribution in [2.45, 2.75) is 20.0 Å². The fourth-order valence-electron chi connectivity index (χ4n) is 2.89. The smallest absolute Gasteiger partial charge is 0.414 e. The van der Waals surface area contributed by atoms with Gasteiger partial charge in [-0.15, -0.1) is 0 Å². The summed E-state index contributed by atoms with van der Waals surface area (Å²) < 4.78 is 12.3. The van der Waals surface area contributed by atoms with Crippen molar-refractivity contribution >= 4 is 29.0 Å². The van der Waals surface area contributed by atoms with E-state index in [1.165, 1.54) is 0 Å². The molecular weight excluding hydrogens is 384 g/mol. The Hall–Kier alpha value is -3.39. The third-order valence-corrected chi connectivity index (χ3v) is 4.45. The minimum atomic E-state index is -0.595. The number of aryl methyl sites for hydroxylation is 1. The lowest BCUT2D eigenvalue weighted by Crippen LogP contribution is -2.27. The number of hydrogen-bond donors (Lipinski definition) is 2. The van der Waals surface area contributed by atoms with Crippen LogP contribution in [-0.4, -0.2) is 41.3 Å². The highest BCUT2D eigenvalue weighted by Gasteiger charge is 2.14. The topological polar surface area (TPSA) is 94.5 Å². The van der Waals surface area contributed by atoms with E-state index in [1.807, 2.05) is 37.3 Å². The molecule has 0 bridgehead atoms. The number of imidazole rings is 1. The van der Waals surface area contributed by atoms with Crippen molar-refractivity contribution in [3.8, 4) is 0 Å². The van der Waals surface area contributed by atoms with E-state index in [9.17, 15) is 9.59 Å². The van der Waals surface area contributed by atoms with Gasteiger partial charge in [0.15, 0.2) is 0 Å². The maximum absolute atomic E-state index is 12.3. The Bertz CT molecular complexity index is 1000. The van der Waals surface area contributed by atoms with E-state index in [0.717, 1.165) is 17.5 Å². The zero-order valence-corrected chi connectivity index (χ0v) is 17.2. The summed E-state index contributed by atoms with van der Waals surface area (Å²) in [5, 5.41) is 5.47. The fourth-order valence-corrected chi connectivity index (χ4v) is 2.89. The molecule has 1 heterocycles. The molecule has 158 valence electrons. The summed E-state index contributed by atoms with van der Waals surface area (Å²) in [6, 6.07) is 14.6. The number of rotatable bonds is 9. The molecular formula is C22H26N4O4. The average Bonchev–Trinajstić information content (AvgIpc) is 3.07. The van der Waals surface area contributed by atoms with Crippen LogP contribution in [0.1, 0.15) is 29.3 Å². The Morgan fingerprint density at radius 1 is 1.10 bits per heavy atom. The van der Waals surface area contributed by atoms with E-state index in [0.29, 0.717) is 36.8 Å². The van der Waals surface area contributed by atoms with Crippen molar-refractivity contribution in [3.05, 3.63) is 59.7 Å². The lowest BCUT2D eigenvalue weighted by molar-refractivity contribution is 0.0915. The predicted molar refractivity (Wildman–Crippen MR) is 114 cm³/mol. The van der Waals surface area contributed by atoms with Crippen molar-refractivity contribution in [2.75, 3.05) is 25.1 Å². The van der Waals surface area contributed by atoms with Crippen LogP contribution in [-0.2, 0) is 23.1 Å². The minimum Gasteiger partial charge on any atom is -0.444 e. The number of nitrogens with zero attached hydrogens (tertiary/aromatic N) is 2. The monoisotopic (exact) mass is 410 g/mol. The van der Waals surface area contributed by atoms with Gasteiger partial charge in [0.25, 0.3) is 5.91 Å². The highest BCUT2D eigenvalue weighted by atomic mass is 16.5. The van der Waals surface area contributed by atoms with E-state index in [2.05, 4.69) is 15.6 Å². The van der Waals surface area contributed by atoms with Gasteiger partial charge >= 0.3 is 6.09 Å². The van der Waals surface area contributed by atoms with Crippen LogP contribution in [0.15, 0.2) is 48.5 Å². The number of anilines is 1. The first-order valence-corrected chi connectivity index (χ1v) is 9.88. The van der Waals surface area contributed by atoms with Gasteiger partial charge in [-0.3, -0.25) is 10.1 Å². The quantitative estimate of drug-likeness (QED) is 0.527. The van der Waals surface area contributed by atoms with Gasteiger partial charge in [-0.2, -0.15) is 0 Å². The summed E-state index contributed by atoms with van der Waals surface area (Å²) in [5.41, 5.74) is 2.78. The number of carbonyl (C=O) groups excluding carboxylic acids is 2. The zero-order valence-electron chi connectivity index (χ0n) is 17.2. The van der Waals surface area contributed by atoms with Gasteiger partial charge in [0.1, 0.15) is 6.61 Å². The second-order valence-corrected chi connectivity index (χ2v) is 6.75.